The second-order valence-electron chi connectivity index (χ2n) is 40.7. The molecule has 0 aromatic rings. The maximum Gasteiger partial charge on any atom is -0.0323 e. The van der Waals surface area contributed by atoms with Crippen molar-refractivity contribution in [1.29, 1.82) is 0 Å². The van der Waals surface area contributed by atoms with E-state index in [1.165, 1.54) is 270 Å². The highest BCUT2D eigenvalue weighted by atomic mass is 14.5. The van der Waals surface area contributed by atoms with Crippen LogP contribution in [0.2, 0.25) is 0 Å². The van der Waals surface area contributed by atoms with Gasteiger partial charge in [-0.25, -0.2) is 0 Å². The van der Waals surface area contributed by atoms with Gasteiger partial charge in [0, 0.05) is 0 Å². The minimum Gasteiger partial charge on any atom is -0.0654 e. The molecule has 0 heteroatoms. The quantitative estimate of drug-likeness (QED) is 0.0757. The van der Waals surface area contributed by atoms with E-state index in [0.29, 0.717) is 21.7 Å². The number of rotatable bonds is 26. The fourth-order valence-corrected chi connectivity index (χ4v) is 12.9. The summed E-state index contributed by atoms with van der Waals surface area (Å²) in [6.45, 7) is 98.2. The van der Waals surface area contributed by atoms with E-state index < -0.39 is 0 Å². The summed E-state index contributed by atoms with van der Waals surface area (Å²) in [4.78, 5) is 0. The average molecular weight is 1480 g/mol. The van der Waals surface area contributed by atoms with Crippen LogP contribution in [0.4, 0.5) is 0 Å². The molecule has 0 saturated heterocycles. The largest absolute Gasteiger partial charge is 0.0654 e. The number of unbranched alkanes of at least 4 members (excludes halogenated alkanes) is 6. The third-order valence-corrected chi connectivity index (χ3v) is 23.5. The third kappa shape index (κ3) is 115. The molecule has 5 aliphatic rings. The molecule has 2 unspecified atom stereocenters. The zero-order valence-corrected chi connectivity index (χ0v) is 83.4. The van der Waals surface area contributed by atoms with Crippen molar-refractivity contribution in [2.75, 3.05) is 0 Å². The predicted octanol–water partition coefficient (Wildman–Crippen LogP) is 40.3. The fraction of sp³-hybridized carbons (Fsp3) is 1.00. The summed E-state index contributed by atoms with van der Waals surface area (Å²) in [5.41, 5.74) is 2.27. The van der Waals surface area contributed by atoms with Crippen LogP contribution in [0.15, 0.2) is 0 Å². The first-order valence-electron chi connectivity index (χ1n) is 48.3. The monoisotopic (exact) mass is 1480 g/mol. The van der Waals surface area contributed by atoms with Gasteiger partial charge in [-0.2, -0.15) is 0 Å². The molecule has 5 fully saturated rings. The average Bonchev–Trinajstić information content (AvgIpc) is 1.66. The van der Waals surface area contributed by atoms with E-state index in [1.807, 2.05) is 0 Å². The Bertz CT molecular complexity index is 1380. The van der Waals surface area contributed by atoms with E-state index in [0.717, 1.165) is 88.8 Å². The molecule has 0 radical (unpaired) electrons. The second kappa shape index (κ2) is 87.0. The Morgan fingerprint density at radius 2 is 0.673 bits per heavy atom. The lowest BCUT2D eigenvalue weighted by molar-refractivity contribution is 0.179. The standard InChI is InChI=1S/C10H20.C8H16.2C7H14.6C7H16.C6H12.4C6H14/c1-8-9(2,3)6-7-10(8,4)5;1-6-4-7(2)8(3)5-6;1-6(2)7-4-3-5-7;1-7-5-3-2-4-6-7;1-5-6-7(2,3)4;2*1-4-5-6-7(2)3;1-4-6-7(3)5-2;1-4-7(5-2)6-3;1-3-5-7-6-4-2;1-2-3-6-4-5-6;1-5-6(2,3)4;2*1-4-5-6(2)3;1-4-6(3)5-2/h8H,6-7H2,1-5H3;6-8H,4-5H2,1-3H3;6-7H,3-5H2,1-2H3;7H,2-6H2,1H3;5-6H2,1-4H3;4*7H,4-6H2,1-3H3;3-7H2,1-2H3;6H,2-5H2,1H3;5H2,1-4H3;3*6H,4-5H2,1-3H3/t;;;;;;;7-;;;;;;;/m.......1......./s1. The van der Waals surface area contributed by atoms with Crippen LogP contribution in [0.3, 0.4) is 0 Å². The highest BCUT2D eigenvalue weighted by Crippen LogP contribution is 2.53. The van der Waals surface area contributed by atoms with Crippen molar-refractivity contribution in [3.05, 3.63) is 0 Å². The first-order chi connectivity index (χ1) is 48.3. The maximum atomic E-state index is 2.40. The summed E-state index contributed by atoms with van der Waals surface area (Å²) in [6, 6.07) is 0. The van der Waals surface area contributed by atoms with Gasteiger partial charge in [-0.1, -0.05) is 535 Å². The van der Waals surface area contributed by atoms with Gasteiger partial charge in [-0.05, 0) is 143 Å². The maximum absolute atomic E-state index is 2.40. The molecular formula is C104H228. The van der Waals surface area contributed by atoms with Gasteiger partial charge in [-0.3, -0.25) is 0 Å². The fourth-order valence-electron chi connectivity index (χ4n) is 12.9. The summed E-state index contributed by atoms with van der Waals surface area (Å²) < 4.78 is 0. The SMILES string of the molecule is CC(C)C1CCC1.CC1C(C)(C)CCC1(C)C.CC1CC(C)C(C)C1.CC1CCCCC1.CCC(C)(C)C.CCC(C)CC.CCC(CC)CC.CCCC(C)(C)C.CCCC(C)C.CCCC(C)C.CCCC1CC1.CCCCC(C)C.CCCCC(C)C.CCCCCCC.CCC[C@H](C)CC. The zero-order valence-electron chi connectivity index (χ0n) is 83.4. The molecule has 3 atom stereocenters. The Morgan fingerprint density at radius 1 is 0.327 bits per heavy atom. The first kappa shape index (κ1) is 125. The molecule has 0 aromatic carbocycles. The molecule has 0 nitrogen and oxygen atoms in total. The molecule has 0 N–H and O–H groups in total. The normalized spacial score (nSPS) is 18.0. The molecule has 0 bridgehead atoms. The summed E-state index contributed by atoms with van der Waals surface area (Å²) in [7, 11) is 0. The predicted molar refractivity (Wildman–Crippen MR) is 500 cm³/mol. The van der Waals surface area contributed by atoms with Crippen LogP contribution in [-0.4, -0.2) is 0 Å². The number of hydrogen-bond acceptors (Lipinski definition) is 0. The molecule has 0 amide bonds. The van der Waals surface area contributed by atoms with Crippen LogP contribution in [0.1, 0.15) is 567 Å². The van der Waals surface area contributed by atoms with Gasteiger partial charge in [-0.15, -0.1) is 0 Å². The molecule has 0 spiro atoms. The Labute approximate surface area is 673 Å². The van der Waals surface area contributed by atoms with E-state index >= 15 is 0 Å². The second-order valence-corrected chi connectivity index (χ2v) is 40.7. The molecule has 0 aromatic heterocycles. The van der Waals surface area contributed by atoms with E-state index in [4.69, 9.17) is 0 Å². The Kier molecular flexibility index (Phi) is 104. The van der Waals surface area contributed by atoms with Crippen molar-refractivity contribution < 1.29 is 0 Å². The summed E-state index contributed by atoms with van der Waals surface area (Å²) in [5, 5.41) is 0. The molecule has 5 saturated carbocycles. The van der Waals surface area contributed by atoms with Gasteiger partial charge in [0.15, 0.2) is 0 Å². The molecule has 0 heterocycles. The molecule has 5 rings (SSSR count). The zero-order chi connectivity index (χ0) is 83.4. The lowest BCUT2D eigenvalue weighted by atomic mass is 9.74. The van der Waals surface area contributed by atoms with Crippen molar-refractivity contribution >= 4 is 0 Å². The van der Waals surface area contributed by atoms with Crippen LogP contribution in [0.5, 0.6) is 0 Å². The number of hydrogen-bond donors (Lipinski definition) is 0. The Balaban J connectivity index is -0.000000114. The molecule has 5 aliphatic carbocycles. The molecular weight excluding hydrogens is 1250 g/mol. The highest BCUT2D eigenvalue weighted by molar-refractivity contribution is 4.93. The van der Waals surface area contributed by atoms with Crippen molar-refractivity contribution in [3.63, 3.8) is 0 Å². The van der Waals surface area contributed by atoms with Gasteiger partial charge in [0.2, 0.25) is 0 Å². The Morgan fingerprint density at radius 3 is 0.760 bits per heavy atom. The van der Waals surface area contributed by atoms with E-state index in [9.17, 15) is 0 Å². The van der Waals surface area contributed by atoms with E-state index in [2.05, 4.69) is 298 Å². The van der Waals surface area contributed by atoms with Gasteiger partial charge >= 0.3 is 0 Å². The van der Waals surface area contributed by atoms with Crippen molar-refractivity contribution in [2.45, 2.75) is 567 Å². The van der Waals surface area contributed by atoms with Gasteiger partial charge < -0.3 is 0 Å². The van der Waals surface area contributed by atoms with Crippen LogP contribution >= 0.6 is 0 Å². The lowest BCUT2D eigenvalue weighted by Crippen LogP contribution is -2.24. The smallest absolute Gasteiger partial charge is 0.0323 e. The lowest BCUT2D eigenvalue weighted by Gasteiger charge is -2.31. The summed E-state index contributed by atoms with van der Waals surface area (Å²) in [6.07, 6.45) is 59.0. The first-order valence-corrected chi connectivity index (χ1v) is 48.3. The van der Waals surface area contributed by atoms with Crippen molar-refractivity contribution in [1.82, 2.24) is 0 Å². The molecule has 0 aliphatic heterocycles. The van der Waals surface area contributed by atoms with Crippen LogP contribution in [0.25, 0.3) is 0 Å². The van der Waals surface area contributed by atoms with Crippen molar-refractivity contribution in [3.8, 4) is 0 Å². The topological polar surface area (TPSA) is 0 Å². The van der Waals surface area contributed by atoms with Crippen LogP contribution < -0.4 is 0 Å². The van der Waals surface area contributed by atoms with Gasteiger partial charge in [0.05, 0.1) is 0 Å². The van der Waals surface area contributed by atoms with E-state index in [1.54, 1.807) is 0 Å². The molecule has 104 heavy (non-hydrogen) atoms. The highest BCUT2D eigenvalue weighted by Gasteiger charge is 2.43. The minimum atomic E-state index is 0.542. The van der Waals surface area contributed by atoms with Crippen molar-refractivity contribution in [2.24, 2.45) is 110 Å². The third-order valence-electron chi connectivity index (χ3n) is 23.5. The van der Waals surface area contributed by atoms with E-state index in [-0.39, 0.29) is 0 Å². The van der Waals surface area contributed by atoms with Gasteiger partial charge in [0.1, 0.15) is 0 Å². The van der Waals surface area contributed by atoms with Crippen LogP contribution in [-0.2, 0) is 0 Å². The Hall–Kier alpha value is 0. The minimum absolute atomic E-state index is 0.542. The van der Waals surface area contributed by atoms with Gasteiger partial charge in [0.25, 0.3) is 0 Å². The summed E-state index contributed by atoms with van der Waals surface area (Å²) in [5.74, 6) is 14.5. The summed E-state index contributed by atoms with van der Waals surface area (Å²) >= 11 is 0. The molecule has 644 valence electrons. The van der Waals surface area contributed by atoms with Crippen LogP contribution in [0, 0.1) is 110 Å².